The summed E-state index contributed by atoms with van der Waals surface area (Å²) in [5, 5.41) is 3.13. The van der Waals surface area contributed by atoms with Gasteiger partial charge < -0.3 is 4.57 Å². The average molecular weight is 390 g/mol. The second kappa shape index (κ2) is 7.74. The first-order valence-electron chi connectivity index (χ1n) is 8.75. The van der Waals surface area contributed by atoms with Gasteiger partial charge in [-0.3, -0.25) is 19.5 Å². The van der Waals surface area contributed by atoms with Gasteiger partial charge in [-0.1, -0.05) is 42.1 Å². The minimum atomic E-state index is -0.408. The summed E-state index contributed by atoms with van der Waals surface area (Å²) >= 11 is 1.30. The van der Waals surface area contributed by atoms with Crippen molar-refractivity contribution in [3.8, 4) is 5.69 Å². The molecule has 0 aliphatic rings. The molecule has 0 unspecified atom stereocenters. The molecule has 0 bridgehead atoms. The highest BCUT2D eigenvalue weighted by atomic mass is 32.2. The standard InChI is InChI=1S/C21H18N4O2S/c1-24-13-7-12-18(24)20(27)23-19(26)14-28-21-22-16-10-5-6-11-17(16)25(21)15-8-3-2-4-9-15/h2-13H,14H2,1H3,(H,23,26,27). The molecule has 2 heterocycles. The van der Waals surface area contributed by atoms with Crippen LogP contribution < -0.4 is 5.32 Å². The Kier molecular flexibility index (Phi) is 4.99. The van der Waals surface area contributed by atoms with Crippen molar-refractivity contribution in [3.05, 3.63) is 78.6 Å². The fourth-order valence-electron chi connectivity index (χ4n) is 2.98. The van der Waals surface area contributed by atoms with Gasteiger partial charge >= 0.3 is 0 Å². The lowest BCUT2D eigenvalue weighted by Gasteiger charge is -2.09. The van der Waals surface area contributed by atoms with E-state index in [-0.39, 0.29) is 11.7 Å². The highest BCUT2D eigenvalue weighted by molar-refractivity contribution is 7.99. The SMILES string of the molecule is Cn1cccc1C(=O)NC(=O)CSc1nc2ccccc2n1-c1ccccc1. The van der Waals surface area contributed by atoms with Crippen LogP contribution in [0.15, 0.2) is 78.1 Å². The summed E-state index contributed by atoms with van der Waals surface area (Å²) in [7, 11) is 1.76. The van der Waals surface area contributed by atoms with Crippen LogP contribution >= 0.6 is 11.8 Å². The number of aryl methyl sites for hydroxylation is 1. The van der Waals surface area contributed by atoms with Crippen LogP contribution in [0.2, 0.25) is 0 Å². The number of rotatable bonds is 5. The zero-order valence-electron chi connectivity index (χ0n) is 15.2. The number of carbonyl (C=O) groups is 2. The minimum Gasteiger partial charge on any atom is -0.347 e. The number of fused-ring (bicyclic) bond motifs is 1. The molecule has 0 radical (unpaired) electrons. The van der Waals surface area contributed by atoms with Gasteiger partial charge in [0.15, 0.2) is 5.16 Å². The largest absolute Gasteiger partial charge is 0.347 e. The Bertz CT molecular complexity index is 1150. The molecule has 140 valence electrons. The molecule has 2 aromatic carbocycles. The number of hydrogen-bond acceptors (Lipinski definition) is 4. The molecule has 0 spiro atoms. The molecule has 0 atom stereocenters. The van der Waals surface area contributed by atoms with Crippen LogP contribution in [0.5, 0.6) is 0 Å². The van der Waals surface area contributed by atoms with Crippen molar-refractivity contribution in [3.63, 3.8) is 0 Å². The van der Waals surface area contributed by atoms with E-state index < -0.39 is 5.91 Å². The molecule has 2 aromatic heterocycles. The normalized spacial score (nSPS) is 10.9. The highest BCUT2D eigenvalue weighted by Gasteiger charge is 2.16. The summed E-state index contributed by atoms with van der Waals surface area (Å²) in [6.07, 6.45) is 1.76. The summed E-state index contributed by atoms with van der Waals surface area (Å²) in [4.78, 5) is 29.2. The van der Waals surface area contributed by atoms with Gasteiger partial charge in [0.05, 0.1) is 16.8 Å². The fourth-order valence-corrected chi connectivity index (χ4v) is 3.81. The van der Waals surface area contributed by atoms with Crippen LogP contribution in [-0.2, 0) is 11.8 Å². The Morgan fingerprint density at radius 3 is 2.50 bits per heavy atom. The van der Waals surface area contributed by atoms with E-state index in [1.165, 1.54) is 11.8 Å². The molecule has 0 aliphatic carbocycles. The molecular weight excluding hydrogens is 372 g/mol. The summed E-state index contributed by atoms with van der Waals surface area (Å²) < 4.78 is 3.69. The zero-order valence-corrected chi connectivity index (χ0v) is 16.0. The Morgan fingerprint density at radius 2 is 1.75 bits per heavy atom. The quantitative estimate of drug-likeness (QED) is 0.530. The van der Waals surface area contributed by atoms with E-state index >= 15 is 0 Å². The molecule has 28 heavy (non-hydrogen) atoms. The lowest BCUT2D eigenvalue weighted by Crippen LogP contribution is -2.33. The van der Waals surface area contributed by atoms with Crippen LogP contribution in [0.3, 0.4) is 0 Å². The topological polar surface area (TPSA) is 68.9 Å². The number of thioether (sulfide) groups is 1. The van der Waals surface area contributed by atoms with Crippen LogP contribution in [0.1, 0.15) is 10.5 Å². The molecular formula is C21H18N4O2S. The number of nitrogens with one attached hydrogen (secondary N) is 1. The Balaban J connectivity index is 1.54. The van der Waals surface area contributed by atoms with Crippen LogP contribution in [0, 0.1) is 0 Å². The molecule has 2 amide bonds. The third-order valence-electron chi connectivity index (χ3n) is 4.31. The maximum atomic E-state index is 12.3. The lowest BCUT2D eigenvalue weighted by atomic mass is 10.3. The number of carbonyl (C=O) groups excluding carboxylic acids is 2. The summed E-state index contributed by atoms with van der Waals surface area (Å²) in [6.45, 7) is 0. The lowest BCUT2D eigenvalue weighted by molar-refractivity contribution is -0.117. The number of amides is 2. The number of hydrogen-bond donors (Lipinski definition) is 1. The van der Waals surface area contributed by atoms with Gasteiger partial charge in [0.2, 0.25) is 5.91 Å². The van der Waals surface area contributed by atoms with E-state index in [4.69, 9.17) is 0 Å². The Morgan fingerprint density at radius 1 is 1.00 bits per heavy atom. The van der Waals surface area contributed by atoms with Crippen molar-refractivity contribution in [2.45, 2.75) is 5.16 Å². The molecule has 0 saturated heterocycles. The van der Waals surface area contributed by atoms with Gasteiger partial charge in [-0.15, -0.1) is 0 Å². The van der Waals surface area contributed by atoms with E-state index in [1.807, 2.05) is 59.2 Å². The van der Waals surface area contributed by atoms with Crippen LogP contribution in [0.4, 0.5) is 0 Å². The zero-order chi connectivity index (χ0) is 19.5. The molecule has 1 N–H and O–H groups in total. The highest BCUT2D eigenvalue weighted by Crippen LogP contribution is 2.27. The minimum absolute atomic E-state index is 0.0896. The molecule has 0 saturated carbocycles. The second-order valence-corrected chi connectivity index (χ2v) is 7.17. The third-order valence-corrected chi connectivity index (χ3v) is 5.24. The van der Waals surface area contributed by atoms with Crippen molar-refractivity contribution in [1.82, 2.24) is 19.4 Å². The molecule has 4 rings (SSSR count). The molecule has 0 fully saturated rings. The summed E-state index contributed by atoms with van der Waals surface area (Å²) in [5.41, 5.74) is 3.24. The fraction of sp³-hybridized carbons (Fsp3) is 0.0952. The smallest absolute Gasteiger partial charge is 0.274 e. The third kappa shape index (κ3) is 3.57. The number of benzene rings is 2. The van der Waals surface area contributed by atoms with Crippen LogP contribution in [-0.4, -0.2) is 31.7 Å². The van der Waals surface area contributed by atoms with Gasteiger partial charge in [0.25, 0.3) is 5.91 Å². The average Bonchev–Trinajstić information content (AvgIpc) is 3.30. The van der Waals surface area contributed by atoms with Crippen molar-refractivity contribution >= 4 is 34.6 Å². The first kappa shape index (κ1) is 18.1. The van der Waals surface area contributed by atoms with E-state index in [9.17, 15) is 9.59 Å². The predicted molar refractivity (Wildman–Crippen MR) is 110 cm³/mol. The molecule has 7 heteroatoms. The maximum absolute atomic E-state index is 12.3. The number of aromatic nitrogens is 3. The van der Waals surface area contributed by atoms with Gasteiger partial charge in [-0.25, -0.2) is 4.98 Å². The van der Waals surface area contributed by atoms with Gasteiger partial charge in [0.1, 0.15) is 5.69 Å². The van der Waals surface area contributed by atoms with E-state index in [1.54, 1.807) is 29.9 Å². The Hall–Kier alpha value is -3.32. The van der Waals surface area contributed by atoms with Crippen molar-refractivity contribution in [2.24, 2.45) is 7.05 Å². The van der Waals surface area contributed by atoms with E-state index in [0.717, 1.165) is 16.7 Å². The summed E-state index contributed by atoms with van der Waals surface area (Å²) in [5.74, 6) is -0.677. The van der Waals surface area contributed by atoms with Crippen LogP contribution in [0.25, 0.3) is 16.7 Å². The first-order valence-corrected chi connectivity index (χ1v) is 9.73. The number of nitrogens with zero attached hydrogens (tertiary/aromatic N) is 3. The predicted octanol–water partition coefficient (Wildman–Crippen LogP) is 3.41. The van der Waals surface area contributed by atoms with Gasteiger partial charge in [0, 0.05) is 18.9 Å². The van der Waals surface area contributed by atoms with Crippen molar-refractivity contribution < 1.29 is 9.59 Å². The van der Waals surface area contributed by atoms with Crippen molar-refractivity contribution in [1.29, 1.82) is 0 Å². The number of imidazole rings is 1. The van der Waals surface area contributed by atoms with Gasteiger partial charge in [-0.05, 0) is 36.4 Å². The van der Waals surface area contributed by atoms with E-state index in [0.29, 0.717) is 10.9 Å². The molecule has 0 aliphatic heterocycles. The number of imide groups is 1. The maximum Gasteiger partial charge on any atom is 0.274 e. The Labute approximate surface area is 166 Å². The number of para-hydroxylation sites is 3. The summed E-state index contributed by atoms with van der Waals surface area (Å²) in [6, 6.07) is 21.1. The monoisotopic (exact) mass is 390 g/mol. The molecule has 6 nitrogen and oxygen atoms in total. The van der Waals surface area contributed by atoms with E-state index in [2.05, 4.69) is 10.3 Å². The molecule has 4 aromatic rings. The second-order valence-electron chi connectivity index (χ2n) is 6.22. The first-order chi connectivity index (χ1) is 13.6. The van der Waals surface area contributed by atoms with Gasteiger partial charge in [-0.2, -0.15) is 0 Å². The van der Waals surface area contributed by atoms with Crippen molar-refractivity contribution in [2.75, 3.05) is 5.75 Å².